The fourth-order valence-corrected chi connectivity index (χ4v) is 6.49. The average Bonchev–Trinajstić information content (AvgIpc) is 3.44. The molecule has 0 heterocycles. The van der Waals surface area contributed by atoms with E-state index in [1.54, 1.807) is 0 Å². The number of benzene rings is 4. The van der Waals surface area contributed by atoms with Gasteiger partial charge in [-0.1, -0.05) is 109 Å². The minimum absolute atomic E-state index is 0.210. The smallest absolute Gasteiger partial charge is 0.0142 e. The Morgan fingerprint density at radius 1 is 0.500 bits per heavy atom. The topological polar surface area (TPSA) is 0 Å². The van der Waals surface area contributed by atoms with E-state index in [9.17, 15) is 0 Å². The molecule has 0 bridgehead atoms. The molecule has 0 radical (unpaired) electrons. The lowest BCUT2D eigenvalue weighted by molar-refractivity contribution is 0.279. The van der Waals surface area contributed by atoms with Gasteiger partial charge < -0.3 is 0 Å². The maximum absolute atomic E-state index is 2.57. The Hall–Kier alpha value is -3.64. The van der Waals surface area contributed by atoms with Crippen LogP contribution in [0.4, 0.5) is 0 Å². The lowest BCUT2D eigenvalue weighted by Crippen LogP contribution is -2.32. The van der Waals surface area contributed by atoms with E-state index in [1.165, 1.54) is 69.5 Å². The van der Waals surface area contributed by atoms with Crippen molar-refractivity contribution in [3.05, 3.63) is 125 Å². The first-order valence-corrected chi connectivity index (χ1v) is 12.5. The first kappa shape index (κ1) is 19.8. The maximum atomic E-state index is 2.57. The zero-order valence-electron chi connectivity index (χ0n) is 19.4. The molecule has 2 spiro atoms. The Bertz CT molecular complexity index is 1530. The van der Waals surface area contributed by atoms with Crippen molar-refractivity contribution in [2.75, 3.05) is 0 Å². The van der Waals surface area contributed by atoms with Gasteiger partial charge in [-0.05, 0) is 81.6 Å². The van der Waals surface area contributed by atoms with Crippen LogP contribution in [0, 0.1) is 5.41 Å². The van der Waals surface area contributed by atoms with Crippen molar-refractivity contribution in [2.24, 2.45) is 5.41 Å². The fraction of sp³-hybridized carbons (Fsp3) is 0.176. The summed E-state index contributed by atoms with van der Waals surface area (Å²) >= 11 is 0. The van der Waals surface area contributed by atoms with Crippen molar-refractivity contribution in [3.8, 4) is 22.3 Å². The first-order chi connectivity index (χ1) is 16.7. The zero-order valence-corrected chi connectivity index (χ0v) is 19.4. The highest BCUT2D eigenvalue weighted by Gasteiger charge is 2.43. The molecule has 4 aromatic carbocycles. The summed E-state index contributed by atoms with van der Waals surface area (Å²) in [5, 5.41) is 2.82. The maximum Gasteiger partial charge on any atom is 0.0142 e. The van der Waals surface area contributed by atoms with Crippen molar-refractivity contribution in [1.29, 1.82) is 0 Å². The minimum Gasteiger partial charge on any atom is -0.0733 e. The zero-order chi connectivity index (χ0) is 22.6. The predicted molar refractivity (Wildman–Crippen MR) is 144 cm³/mol. The minimum atomic E-state index is 0.210. The van der Waals surface area contributed by atoms with Crippen LogP contribution in [0.5, 0.6) is 0 Å². The van der Waals surface area contributed by atoms with E-state index < -0.39 is 0 Å². The summed E-state index contributed by atoms with van der Waals surface area (Å²) in [7, 11) is 0. The van der Waals surface area contributed by atoms with E-state index in [1.807, 2.05) is 0 Å². The molecule has 0 saturated heterocycles. The Morgan fingerprint density at radius 3 is 1.82 bits per heavy atom. The predicted octanol–water partition coefficient (Wildman–Crippen LogP) is 7.12. The molecule has 4 aromatic rings. The summed E-state index contributed by atoms with van der Waals surface area (Å²) in [6, 6.07) is 35.6. The van der Waals surface area contributed by atoms with Gasteiger partial charge in [-0.2, -0.15) is 0 Å². The summed E-state index contributed by atoms with van der Waals surface area (Å²) in [6.45, 7) is 0. The van der Waals surface area contributed by atoms with Crippen molar-refractivity contribution in [2.45, 2.75) is 31.1 Å². The molecular weight excluding hydrogens is 408 g/mol. The van der Waals surface area contributed by atoms with Crippen LogP contribution in [0.2, 0.25) is 0 Å². The molecule has 0 unspecified atom stereocenters. The summed E-state index contributed by atoms with van der Waals surface area (Å²) in [6.07, 6.45) is 14.9. The lowest BCUT2D eigenvalue weighted by atomic mass is 9.62. The molecule has 3 aliphatic carbocycles. The van der Waals surface area contributed by atoms with E-state index in [2.05, 4.69) is 121 Å². The quantitative estimate of drug-likeness (QED) is 0.314. The SMILES string of the molecule is C1=CC2(CCC3(C=c4ccc(-c5ccccc5)cc4=C3)CC2)c2ccc(-c3ccccc3)cc21. The molecule has 34 heavy (non-hydrogen) atoms. The van der Waals surface area contributed by atoms with E-state index >= 15 is 0 Å². The van der Waals surface area contributed by atoms with Crippen molar-refractivity contribution >= 4 is 18.2 Å². The van der Waals surface area contributed by atoms with Crippen molar-refractivity contribution in [1.82, 2.24) is 0 Å². The number of hydrogen-bond donors (Lipinski definition) is 0. The second-order valence-electron chi connectivity index (χ2n) is 10.4. The van der Waals surface area contributed by atoms with Crippen LogP contribution < -0.4 is 10.4 Å². The van der Waals surface area contributed by atoms with Crippen molar-refractivity contribution in [3.63, 3.8) is 0 Å². The highest BCUT2D eigenvalue weighted by Crippen LogP contribution is 2.53. The second-order valence-corrected chi connectivity index (χ2v) is 10.4. The molecule has 0 atom stereocenters. The monoisotopic (exact) mass is 436 g/mol. The van der Waals surface area contributed by atoms with E-state index in [0.717, 1.165) is 0 Å². The van der Waals surface area contributed by atoms with Gasteiger partial charge in [0.1, 0.15) is 0 Å². The fourth-order valence-electron chi connectivity index (χ4n) is 6.49. The van der Waals surface area contributed by atoms with E-state index in [0.29, 0.717) is 0 Å². The van der Waals surface area contributed by atoms with Gasteiger partial charge in [0.2, 0.25) is 0 Å². The Balaban J connectivity index is 1.17. The largest absolute Gasteiger partial charge is 0.0733 e. The molecule has 0 amide bonds. The van der Waals surface area contributed by atoms with Crippen LogP contribution in [0.3, 0.4) is 0 Å². The summed E-state index contributed by atoms with van der Waals surface area (Å²) in [5.41, 5.74) is 8.59. The first-order valence-electron chi connectivity index (χ1n) is 12.5. The van der Waals surface area contributed by atoms with Gasteiger partial charge in [0, 0.05) is 10.8 Å². The molecular formula is C34H28. The summed E-state index contributed by atoms with van der Waals surface area (Å²) < 4.78 is 0. The summed E-state index contributed by atoms with van der Waals surface area (Å²) in [5.74, 6) is 0. The average molecular weight is 437 g/mol. The normalized spacial score (nSPS) is 24.0. The highest BCUT2D eigenvalue weighted by atomic mass is 14.5. The van der Waals surface area contributed by atoms with Crippen LogP contribution in [0.15, 0.2) is 103 Å². The Kier molecular flexibility index (Phi) is 4.33. The number of rotatable bonds is 2. The van der Waals surface area contributed by atoms with Gasteiger partial charge in [-0.25, -0.2) is 0 Å². The molecule has 164 valence electrons. The van der Waals surface area contributed by atoms with Gasteiger partial charge in [0.25, 0.3) is 0 Å². The van der Waals surface area contributed by atoms with Gasteiger partial charge in [0.15, 0.2) is 0 Å². The van der Waals surface area contributed by atoms with Crippen LogP contribution in [0.1, 0.15) is 36.8 Å². The molecule has 0 nitrogen and oxygen atoms in total. The molecule has 1 saturated carbocycles. The Labute approximate surface area is 201 Å². The van der Waals surface area contributed by atoms with Gasteiger partial charge in [-0.15, -0.1) is 0 Å². The number of allylic oxidation sites excluding steroid dienone is 1. The summed E-state index contributed by atoms with van der Waals surface area (Å²) in [4.78, 5) is 0. The van der Waals surface area contributed by atoms with Crippen LogP contribution in [-0.2, 0) is 5.41 Å². The molecule has 0 N–H and O–H groups in total. The lowest BCUT2D eigenvalue weighted by Gasteiger charge is -2.41. The molecule has 3 aliphatic rings. The van der Waals surface area contributed by atoms with E-state index in [4.69, 9.17) is 0 Å². The van der Waals surface area contributed by atoms with Crippen LogP contribution in [-0.4, -0.2) is 0 Å². The number of hydrogen-bond acceptors (Lipinski definition) is 0. The third-order valence-electron chi connectivity index (χ3n) is 8.43. The van der Waals surface area contributed by atoms with Gasteiger partial charge in [0.05, 0.1) is 0 Å². The van der Waals surface area contributed by atoms with Gasteiger partial charge in [-0.3, -0.25) is 0 Å². The molecule has 0 heteroatoms. The van der Waals surface area contributed by atoms with Crippen LogP contribution >= 0.6 is 0 Å². The van der Waals surface area contributed by atoms with Gasteiger partial charge >= 0.3 is 0 Å². The standard InChI is InChI=1S/C34H28/c1-3-7-25(8-4-1)27-11-12-30-23-33(24-31(30)22-27)17-19-34(20-18-33)16-15-29-21-28(13-14-32(29)34)26-9-5-2-6-10-26/h1-16,21-24H,17-20H2. The third-order valence-corrected chi connectivity index (χ3v) is 8.43. The van der Waals surface area contributed by atoms with Crippen molar-refractivity contribution < 1.29 is 0 Å². The molecule has 0 aliphatic heterocycles. The second kappa shape index (κ2) is 7.43. The molecule has 1 fully saturated rings. The molecule has 7 rings (SSSR count). The number of fused-ring (bicyclic) bond motifs is 3. The molecule has 0 aromatic heterocycles. The van der Waals surface area contributed by atoms with E-state index in [-0.39, 0.29) is 10.8 Å². The van der Waals surface area contributed by atoms with Crippen LogP contribution in [0.25, 0.3) is 40.5 Å². The third kappa shape index (κ3) is 3.13. The highest BCUT2D eigenvalue weighted by molar-refractivity contribution is 5.74. The Morgan fingerprint density at radius 2 is 1.12 bits per heavy atom.